The lowest BCUT2D eigenvalue weighted by atomic mass is 10.2. The molecule has 1 aromatic rings. The summed E-state index contributed by atoms with van der Waals surface area (Å²) < 4.78 is 0. The quantitative estimate of drug-likeness (QED) is 0.802. The molecule has 5 nitrogen and oxygen atoms in total. The van der Waals surface area contributed by atoms with Gasteiger partial charge < -0.3 is 10.2 Å². The predicted octanol–water partition coefficient (Wildman–Crippen LogP) is 0.671. The number of H-pyrrole nitrogens is 1. The van der Waals surface area contributed by atoms with E-state index in [9.17, 15) is 4.79 Å². The molecule has 0 radical (unpaired) electrons. The molecule has 0 aromatic carbocycles. The maximum Gasteiger partial charge on any atom is 0.276 e. The average Bonchev–Trinajstić information content (AvgIpc) is 2.70. The Balaban J connectivity index is 2.16. The number of piperazine rings is 1. The van der Waals surface area contributed by atoms with Gasteiger partial charge in [0.2, 0.25) is 0 Å². The summed E-state index contributed by atoms with van der Waals surface area (Å²) in [5.74, 6) is -0.0811. The van der Waals surface area contributed by atoms with Gasteiger partial charge in [-0.15, -0.1) is 0 Å². The molecular formula is C10H15ClN4O. The molecule has 0 atom stereocenters. The molecule has 1 saturated heterocycles. The number of nitrogens with one attached hydrogen (secondary N) is 2. The van der Waals surface area contributed by atoms with Crippen LogP contribution in [0.15, 0.2) is 0 Å². The van der Waals surface area contributed by atoms with Crippen LogP contribution in [0, 0.1) is 0 Å². The maximum atomic E-state index is 12.1. The van der Waals surface area contributed by atoms with Crippen LogP contribution in [0.5, 0.6) is 0 Å². The maximum absolute atomic E-state index is 12.1. The van der Waals surface area contributed by atoms with Gasteiger partial charge in [-0.25, -0.2) is 0 Å². The van der Waals surface area contributed by atoms with Crippen molar-refractivity contribution in [3.63, 3.8) is 0 Å². The highest BCUT2D eigenvalue weighted by Gasteiger charge is 2.23. The third-order valence-electron chi connectivity index (χ3n) is 2.74. The first-order valence-electron chi connectivity index (χ1n) is 5.46. The second-order valence-electron chi connectivity index (χ2n) is 3.76. The van der Waals surface area contributed by atoms with E-state index in [1.807, 2.05) is 6.92 Å². The summed E-state index contributed by atoms with van der Waals surface area (Å²) in [7, 11) is 0. The Bertz CT molecular complexity index is 384. The number of amides is 1. The molecule has 0 spiro atoms. The Hall–Kier alpha value is -1.07. The summed E-state index contributed by atoms with van der Waals surface area (Å²) in [5.41, 5.74) is 1.17. The number of hydrogen-bond donors (Lipinski definition) is 2. The molecule has 88 valence electrons. The molecule has 0 aliphatic carbocycles. The number of aromatic amines is 1. The number of aromatic nitrogens is 2. The summed E-state index contributed by atoms with van der Waals surface area (Å²) in [6.45, 7) is 5.05. The third-order valence-corrected chi connectivity index (χ3v) is 3.14. The number of hydrogen-bond acceptors (Lipinski definition) is 3. The van der Waals surface area contributed by atoms with E-state index in [0.717, 1.165) is 25.2 Å². The monoisotopic (exact) mass is 242 g/mol. The minimum Gasteiger partial charge on any atom is -0.335 e. The van der Waals surface area contributed by atoms with E-state index in [0.29, 0.717) is 23.8 Å². The molecule has 16 heavy (non-hydrogen) atoms. The Kier molecular flexibility index (Phi) is 3.46. The molecule has 2 rings (SSSR count). The topological polar surface area (TPSA) is 61.0 Å². The first kappa shape index (κ1) is 11.4. The first-order valence-corrected chi connectivity index (χ1v) is 5.84. The zero-order valence-corrected chi connectivity index (χ0v) is 9.97. The van der Waals surface area contributed by atoms with Crippen molar-refractivity contribution in [3.8, 4) is 0 Å². The summed E-state index contributed by atoms with van der Waals surface area (Å²) in [5, 5.41) is 10.5. The molecule has 2 heterocycles. The van der Waals surface area contributed by atoms with Gasteiger partial charge in [0.05, 0.1) is 10.7 Å². The zero-order chi connectivity index (χ0) is 11.5. The van der Waals surface area contributed by atoms with Crippen LogP contribution in [0.1, 0.15) is 23.1 Å². The molecule has 0 unspecified atom stereocenters. The van der Waals surface area contributed by atoms with Crippen LogP contribution in [0.2, 0.25) is 5.02 Å². The molecule has 2 N–H and O–H groups in total. The molecule has 1 fully saturated rings. The SMILES string of the molecule is CCc1[nH]nc(C(=O)N2CCNCC2)c1Cl. The van der Waals surface area contributed by atoms with Gasteiger partial charge in [0.15, 0.2) is 5.69 Å². The van der Waals surface area contributed by atoms with E-state index in [4.69, 9.17) is 11.6 Å². The van der Waals surface area contributed by atoms with Crippen molar-refractivity contribution < 1.29 is 4.79 Å². The summed E-state index contributed by atoms with van der Waals surface area (Å²) >= 11 is 6.08. The van der Waals surface area contributed by atoms with E-state index in [2.05, 4.69) is 15.5 Å². The van der Waals surface area contributed by atoms with Gasteiger partial charge >= 0.3 is 0 Å². The van der Waals surface area contributed by atoms with Crippen LogP contribution < -0.4 is 5.32 Å². The molecule has 0 saturated carbocycles. The highest BCUT2D eigenvalue weighted by molar-refractivity contribution is 6.34. The Morgan fingerprint density at radius 2 is 2.19 bits per heavy atom. The largest absolute Gasteiger partial charge is 0.335 e. The van der Waals surface area contributed by atoms with E-state index >= 15 is 0 Å². The minimum absolute atomic E-state index is 0.0811. The van der Waals surface area contributed by atoms with Gasteiger partial charge in [0.25, 0.3) is 5.91 Å². The van der Waals surface area contributed by atoms with Gasteiger partial charge in [0.1, 0.15) is 0 Å². The molecule has 1 aliphatic rings. The Morgan fingerprint density at radius 3 is 2.75 bits per heavy atom. The molecule has 0 bridgehead atoms. The van der Waals surface area contributed by atoms with E-state index in [-0.39, 0.29) is 5.91 Å². The van der Waals surface area contributed by atoms with Gasteiger partial charge in [-0.2, -0.15) is 5.10 Å². The fraction of sp³-hybridized carbons (Fsp3) is 0.600. The summed E-state index contributed by atoms with van der Waals surface area (Å²) in [6, 6.07) is 0. The highest BCUT2D eigenvalue weighted by atomic mass is 35.5. The van der Waals surface area contributed by atoms with Gasteiger partial charge in [-0.05, 0) is 6.42 Å². The van der Waals surface area contributed by atoms with Crippen LogP contribution in [0.25, 0.3) is 0 Å². The van der Waals surface area contributed by atoms with Crippen LogP contribution >= 0.6 is 11.6 Å². The van der Waals surface area contributed by atoms with Gasteiger partial charge in [-0.3, -0.25) is 9.89 Å². The van der Waals surface area contributed by atoms with E-state index in [1.54, 1.807) is 4.90 Å². The van der Waals surface area contributed by atoms with Crippen molar-refractivity contribution in [2.24, 2.45) is 0 Å². The van der Waals surface area contributed by atoms with Crippen LogP contribution in [-0.2, 0) is 6.42 Å². The predicted molar refractivity (Wildman–Crippen MR) is 61.7 cm³/mol. The van der Waals surface area contributed by atoms with Crippen molar-refractivity contribution in [1.82, 2.24) is 20.4 Å². The fourth-order valence-corrected chi connectivity index (χ4v) is 2.06. The molecular weight excluding hydrogens is 228 g/mol. The van der Waals surface area contributed by atoms with Crippen molar-refractivity contribution in [3.05, 3.63) is 16.4 Å². The lowest BCUT2D eigenvalue weighted by Gasteiger charge is -2.26. The van der Waals surface area contributed by atoms with Crippen molar-refractivity contribution in [2.45, 2.75) is 13.3 Å². The van der Waals surface area contributed by atoms with Crippen LogP contribution in [-0.4, -0.2) is 47.2 Å². The van der Waals surface area contributed by atoms with Crippen LogP contribution in [0.4, 0.5) is 0 Å². The van der Waals surface area contributed by atoms with Crippen LogP contribution in [0.3, 0.4) is 0 Å². The van der Waals surface area contributed by atoms with E-state index < -0.39 is 0 Å². The van der Waals surface area contributed by atoms with Crippen molar-refractivity contribution >= 4 is 17.5 Å². The van der Waals surface area contributed by atoms with E-state index in [1.165, 1.54) is 0 Å². The molecule has 1 aliphatic heterocycles. The van der Waals surface area contributed by atoms with Crippen molar-refractivity contribution in [1.29, 1.82) is 0 Å². The number of aryl methyl sites for hydroxylation is 1. The first-order chi connectivity index (χ1) is 7.74. The van der Waals surface area contributed by atoms with Gasteiger partial charge in [-0.1, -0.05) is 18.5 Å². The highest BCUT2D eigenvalue weighted by Crippen LogP contribution is 2.20. The number of nitrogens with zero attached hydrogens (tertiary/aromatic N) is 2. The standard InChI is InChI=1S/C10H15ClN4O/c1-2-7-8(11)9(14-13-7)10(16)15-5-3-12-4-6-15/h12H,2-6H2,1H3,(H,13,14). The van der Waals surface area contributed by atoms with Gasteiger partial charge in [0, 0.05) is 26.2 Å². The number of rotatable bonds is 2. The average molecular weight is 243 g/mol. The molecule has 1 amide bonds. The molecule has 6 heteroatoms. The molecule has 1 aromatic heterocycles. The lowest BCUT2D eigenvalue weighted by molar-refractivity contribution is 0.0730. The number of carbonyl (C=O) groups is 1. The number of carbonyl (C=O) groups excluding carboxylic acids is 1. The Labute approximate surface area is 99.2 Å². The Morgan fingerprint density at radius 1 is 1.50 bits per heavy atom. The van der Waals surface area contributed by atoms with Crippen molar-refractivity contribution in [2.75, 3.05) is 26.2 Å². The number of halogens is 1. The lowest BCUT2D eigenvalue weighted by Crippen LogP contribution is -2.46. The second-order valence-corrected chi connectivity index (χ2v) is 4.14. The minimum atomic E-state index is -0.0811. The smallest absolute Gasteiger partial charge is 0.276 e. The second kappa shape index (κ2) is 4.84. The normalized spacial score (nSPS) is 16.5. The third kappa shape index (κ3) is 2.05. The fourth-order valence-electron chi connectivity index (χ4n) is 1.76. The summed E-state index contributed by atoms with van der Waals surface area (Å²) in [4.78, 5) is 13.9. The summed E-state index contributed by atoms with van der Waals surface area (Å²) in [6.07, 6.45) is 0.751. The zero-order valence-electron chi connectivity index (χ0n) is 9.22.